The molecule has 0 aliphatic carbocycles. The summed E-state index contributed by atoms with van der Waals surface area (Å²) in [5, 5.41) is 6.68. The smallest absolute Gasteiger partial charge is 0.195 e. The van der Waals surface area contributed by atoms with Crippen LogP contribution in [0.5, 0.6) is 5.75 Å². The van der Waals surface area contributed by atoms with E-state index in [0.29, 0.717) is 25.7 Å². The minimum Gasteiger partial charge on any atom is -0.493 e. The summed E-state index contributed by atoms with van der Waals surface area (Å²) < 4.78 is 16.2. The van der Waals surface area contributed by atoms with Crippen molar-refractivity contribution in [2.45, 2.75) is 13.0 Å². The van der Waals surface area contributed by atoms with Crippen LogP contribution in [0.4, 0.5) is 11.4 Å². The van der Waals surface area contributed by atoms with E-state index in [2.05, 4.69) is 44.8 Å². The fourth-order valence-corrected chi connectivity index (χ4v) is 3.20. The molecular weight excluding hydrogens is 507 g/mol. The second-order valence-corrected chi connectivity index (χ2v) is 7.04. The molecule has 3 rings (SSSR count). The Kier molecular flexibility index (Phi) is 11.5. The van der Waals surface area contributed by atoms with Crippen molar-refractivity contribution < 1.29 is 14.2 Å². The van der Waals surface area contributed by atoms with Crippen LogP contribution >= 0.6 is 24.0 Å². The molecule has 1 aliphatic rings. The lowest BCUT2D eigenvalue weighted by Gasteiger charge is -2.28. The molecule has 8 heteroatoms. The summed E-state index contributed by atoms with van der Waals surface area (Å²) in [6.45, 7) is 5.50. The Morgan fingerprint density at radius 2 is 1.87 bits per heavy atom. The number of guanidine groups is 1. The van der Waals surface area contributed by atoms with Gasteiger partial charge in [0.05, 0.1) is 19.8 Å². The van der Waals surface area contributed by atoms with Crippen molar-refractivity contribution in [3.8, 4) is 5.75 Å². The lowest BCUT2D eigenvalue weighted by Crippen LogP contribution is -2.36. The van der Waals surface area contributed by atoms with Gasteiger partial charge in [0.2, 0.25) is 0 Å². The zero-order chi connectivity index (χ0) is 21.0. The molecule has 0 radical (unpaired) electrons. The predicted molar refractivity (Wildman–Crippen MR) is 137 cm³/mol. The number of aliphatic imine (C=N–C) groups is 1. The van der Waals surface area contributed by atoms with Gasteiger partial charge in [-0.2, -0.15) is 0 Å². The molecular formula is C23H33IN4O3. The zero-order valence-electron chi connectivity index (χ0n) is 18.3. The molecule has 2 N–H and O–H groups in total. The number of anilines is 2. The Hall–Kier alpha value is -2.04. The quantitative estimate of drug-likeness (QED) is 0.219. The van der Waals surface area contributed by atoms with Crippen LogP contribution in [0.15, 0.2) is 53.5 Å². The molecule has 1 saturated heterocycles. The number of nitrogens with one attached hydrogen (secondary N) is 2. The molecule has 31 heavy (non-hydrogen) atoms. The summed E-state index contributed by atoms with van der Waals surface area (Å²) in [6.07, 6.45) is 0.863. The van der Waals surface area contributed by atoms with Gasteiger partial charge in [-0.15, -0.1) is 24.0 Å². The predicted octanol–water partition coefficient (Wildman–Crippen LogP) is 3.74. The van der Waals surface area contributed by atoms with Crippen molar-refractivity contribution in [1.29, 1.82) is 0 Å². The van der Waals surface area contributed by atoms with Crippen molar-refractivity contribution in [3.63, 3.8) is 0 Å². The topological polar surface area (TPSA) is 67.4 Å². The van der Waals surface area contributed by atoms with E-state index in [-0.39, 0.29) is 24.0 Å². The van der Waals surface area contributed by atoms with Crippen molar-refractivity contribution in [1.82, 2.24) is 5.32 Å². The minimum atomic E-state index is 0. The third kappa shape index (κ3) is 8.54. The number of nitrogens with zero attached hydrogens (tertiary/aromatic N) is 2. The standard InChI is InChI=1S/C23H32N4O3.HI/c1-24-23(26-20-5-3-6-22(17-20)30-14-4-13-28-2)25-18-19-7-9-21(10-8-19)27-11-15-29-16-12-27;/h3,5-10,17H,4,11-16,18H2,1-2H3,(H2,24,25,26);1H. The van der Waals surface area contributed by atoms with E-state index in [1.807, 2.05) is 24.3 Å². The third-order valence-electron chi connectivity index (χ3n) is 4.85. The number of morpholine rings is 1. The molecule has 1 heterocycles. The number of halogens is 1. The highest BCUT2D eigenvalue weighted by Crippen LogP contribution is 2.18. The fourth-order valence-electron chi connectivity index (χ4n) is 3.20. The average Bonchev–Trinajstić information content (AvgIpc) is 2.81. The number of methoxy groups -OCH3 is 1. The minimum absolute atomic E-state index is 0. The van der Waals surface area contributed by atoms with Gasteiger partial charge in [0.15, 0.2) is 5.96 Å². The summed E-state index contributed by atoms with van der Waals surface area (Å²) >= 11 is 0. The van der Waals surface area contributed by atoms with Gasteiger partial charge in [-0.3, -0.25) is 4.99 Å². The van der Waals surface area contributed by atoms with Gasteiger partial charge < -0.3 is 29.7 Å². The highest BCUT2D eigenvalue weighted by atomic mass is 127. The molecule has 7 nitrogen and oxygen atoms in total. The summed E-state index contributed by atoms with van der Waals surface area (Å²) in [6, 6.07) is 16.5. The molecule has 0 amide bonds. The van der Waals surface area contributed by atoms with Gasteiger partial charge in [-0.05, 0) is 29.8 Å². The SMILES string of the molecule is CN=C(NCc1ccc(N2CCOCC2)cc1)Nc1cccc(OCCCOC)c1.I. The van der Waals surface area contributed by atoms with Crippen LogP contribution in [-0.4, -0.2) is 59.6 Å². The second-order valence-electron chi connectivity index (χ2n) is 7.04. The normalized spacial score (nSPS) is 14.0. The molecule has 2 aromatic carbocycles. The fraction of sp³-hybridized carbons (Fsp3) is 0.435. The summed E-state index contributed by atoms with van der Waals surface area (Å²) in [5.41, 5.74) is 3.37. The van der Waals surface area contributed by atoms with Crippen LogP contribution in [0.2, 0.25) is 0 Å². The molecule has 0 unspecified atom stereocenters. The Morgan fingerprint density at radius 1 is 1.10 bits per heavy atom. The maximum atomic E-state index is 5.76. The van der Waals surface area contributed by atoms with E-state index in [0.717, 1.165) is 44.2 Å². The largest absolute Gasteiger partial charge is 0.493 e. The molecule has 2 aromatic rings. The lowest BCUT2D eigenvalue weighted by atomic mass is 10.2. The molecule has 0 spiro atoms. The Balaban J connectivity index is 0.00000341. The zero-order valence-corrected chi connectivity index (χ0v) is 20.6. The van der Waals surface area contributed by atoms with Gasteiger partial charge in [0, 0.05) is 64.3 Å². The first kappa shape index (κ1) is 25.2. The number of ether oxygens (including phenoxy) is 3. The monoisotopic (exact) mass is 540 g/mol. The molecule has 0 atom stereocenters. The molecule has 1 aliphatic heterocycles. The van der Waals surface area contributed by atoms with Crippen LogP contribution in [0, 0.1) is 0 Å². The van der Waals surface area contributed by atoms with Crippen molar-refractivity contribution in [3.05, 3.63) is 54.1 Å². The maximum Gasteiger partial charge on any atom is 0.195 e. The molecule has 1 fully saturated rings. The maximum absolute atomic E-state index is 5.76. The van der Waals surface area contributed by atoms with Gasteiger partial charge in [0.1, 0.15) is 5.75 Å². The first-order valence-electron chi connectivity index (χ1n) is 10.4. The Morgan fingerprint density at radius 3 is 2.58 bits per heavy atom. The number of benzene rings is 2. The lowest BCUT2D eigenvalue weighted by molar-refractivity contribution is 0.122. The first-order chi connectivity index (χ1) is 14.8. The van der Waals surface area contributed by atoms with E-state index in [9.17, 15) is 0 Å². The molecule has 0 saturated carbocycles. The van der Waals surface area contributed by atoms with E-state index < -0.39 is 0 Å². The van der Waals surface area contributed by atoms with Crippen LogP contribution in [-0.2, 0) is 16.0 Å². The average molecular weight is 540 g/mol. The highest BCUT2D eigenvalue weighted by molar-refractivity contribution is 14.0. The third-order valence-corrected chi connectivity index (χ3v) is 4.85. The Bertz CT molecular complexity index is 796. The number of hydrogen-bond acceptors (Lipinski definition) is 5. The van der Waals surface area contributed by atoms with Crippen molar-refractivity contribution in [2.75, 3.05) is 63.9 Å². The Labute approximate surface area is 202 Å². The molecule has 170 valence electrons. The van der Waals surface area contributed by atoms with Gasteiger partial charge in [-0.25, -0.2) is 0 Å². The van der Waals surface area contributed by atoms with E-state index in [1.54, 1.807) is 14.2 Å². The molecule has 0 bridgehead atoms. The van der Waals surface area contributed by atoms with Crippen molar-refractivity contribution >= 4 is 41.3 Å². The summed E-state index contributed by atoms with van der Waals surface area (Å²) in [5.74, 6) is 1.54. The van der Waals surface area contributed by atoms with Crippen LogP contribution in [0.25, 0.3) is 0 Å². The van der Waals surface area contributed by atoms with Gasteiger partial charge in [-0.1, -0.05) is 18.2 Å². The van der Waals surface area contributed by atoms with Crippen LogP contribution < -0.4 is 20.3 Å². The number of rotatable bonds is 9. The molecule has 0 aromatic heterocycles. The highest BCUT2D eigenvalue weighted by Gasteiger charge is 2.10. The van der Waals surface area contributed by atoms with Crippen LogP contribution in [0.3, 0.4) is 0 Å². The van der Waals surface area contributed by atoms with Crippen LogP contribution in [0.1, 0.15) is 12.0 Å². The van der Waals surface area contributed by atoms with E-state index in [1.165, 1.54) is 11.3 Å². The van der Waals surface area contributed by atoms with Gasteiger partial charge in [0.25, 0.3) is 0 Å². The van der Waals surface area contributed by atoms with E-state index >= 15 is 0 Å². The second kappa shape index (κ2) is 14.1. The van der Waals surface area contributed by atoms with Crippen molar-refractivity contribution in [2.24, 2.45) is 4.99 Å². The number of hydrogen-bond donors (Lipinski definition) is 2. The van der Waals surface area contributed by atoms with E-state index in [4.69, 9.17) is 14.2 Å². The van der Waals surface area contributed by atoms with Gasteiger partial charge >= 0.3 is 0 Å². The summed E-state index contributed by atoms with van der Waals surface area (Å²) in [7, 11) is 3.46. The summed E-state index contributed by atoms with van der Waals surface area (Å²) in [4.78, 5) is 6.67. The first-order valence-corrected chi connectivity index (χ1v) is 10.4.